The molecule has 0 unspecified atom stereocenters. The van der Waals surface area contributed by atoms with E-state index in [1.807, 2.05) is 10.9 Å². The first-order chi connectivity index (χ1) is 8.31. The average Bonchev–Trinajstić information content (AvgIpc) is 2.94. The molecule has 2 heterocycles. The number of ether oxygens (including phenoxy) is 1. The van der Waals surface area contributed by atoms with E-state index in [0.29, 0.717) is 0 Å². The molecule has 1 aromatic heterocycles. The highest BCUT2D eigenvalue weighted by atomic mass is 16.5. The van der Waals surface area contributed by atoms with Crippen molar-refractivity contribution in [3.63, 3.8) is 0 Å². The van der Waals surface area contributed by atoms with Gasteiger partial charge in [-0.2, -0.15) is 5.10 Å². The number of nitrogens with zero attached hydrogens (tertiary/aromatic N) is 2. The molecule has 1 aromatic carbocycles. The molecule has 2 aromatic rings. The molecular formula is C14H16N2O. The van der Waals surface area contributed by atoms with E-state index in [-0.39, 0.29) is 0 Å². The number of rotatable bonds is 3. The van der Waals surface area contributed by atoms with Crippen LogP contribution in [0.25, 0.3) is 0 Å². The number of benzene rings is 1. The smallest absolute Gasteiger partial charge is 0.122 e. The van der Waals surface area contributed by atoms with Crippen molar-refractivity contribution in [3.8, 4) is 5.75 Å². The first-order valence-corrected chi connectivity index (χ1v) is 6.05. The van der Waals surface area contributed by atoms with Gasteiger partial charge in [0.05, 0.1) is 12.8 Å². The van der Waals surface area contributed by atoms with Crippen LogP contribution in [0.5, 0.6) is 5.75 Å². The lowest BCUT2D eigenvalue weighted by atomic mass is 10.1. The second-order valence-corrected chi connectivity index (χ2v) is 4.57. The minimum Gasteiger partial charge on any atom is -0.493 e. The Morgan fingerprint density at radius 1 is 1.41 bits per heavy atom. The summed E-state index contributed by atoms with van der Waals surface area (Å²) in [4.78, 5) is 0. The summed E-state index contributed by atoms with van der Waals surface area (Å²) >= 11 is 0. The Kier molecular flexibility index (Phi) is 2.59. The van der Waals surface area contributed by atoms with Gasteiger partial charge in [-0.3, -0.25) is 4.68 Å². The van der Waals surface area contributed by atoms with Crippen LogP contribution >= 0.6 is 0 Å². The fraction of sp³-hybridized carbons (Fsp3) is 0.357. The molecule has 17 heavy (non-hydrogen) atoms. The zero-order valence-electron chi connectivity index (χ0n) is 10.0. The summed E-state index contributed by atoms with van der Waals surface area (Å²) in [5.41, 5.74) is 3.92. The van der Waals surface area contributed by atoms with Gasteiger partial charge in [0, 0.05) is 19.2 Å². The SMILES string of the molecule is Cc1cnn(CCc2ccc3c(c2)CCO3)c1. The van der Waals surface area contributed by atoms with Crippen molar-refractivity contribution in [2.24, 2.45) is 0 Å². The Morgan fingerprint density at radius 2 is 2.35 bits per heavy atom. The number of aromatic nitrogens is 2. The summed E-state index contributed by atoms with van der Waals surface area (Å²) in [6.45, 7) is 3.83. The second-order valence-electron chi connectivity index (χ2n) is 4.57. The van der Waals surface area contributed by atoms with Gasteiger partial charge >= 0.3 is 0 Å². The van der Waals surface area contributed by atoms with Gasteiger partial charge in [0.2, 0.25) is 0 Å². The molecule has 1 aliphatic rings. The third-order valence-electron chi connectivity index (χ3n) is 3.15. The Hall–Kier alpha value is -1.77. The van der Waals surface area contributed by atoms with Crippen LogP contribution in [-0.4, -0.2) is 16.4 Å². The van der Waals surface area contributed by atoms with E-state index in [9.17, 15) is 0 Å². The van der Waals surface area contributed by atoms with Crippen LogP contribution in [0.15, 0.2) is 30.6 Å². The van der Waals surface area contributed by atoms with E-state index in [4.69, 9.17) is 4.74 Å². The van der Waals surface area contributed by atoms with Gasteiger partial charge in [-0.25, -0.2) is 0 Å². The largest absolute Gasteiger partial charge is 0.493 e. The summed E-state index contributed by atoms with van der Waals surface area (Å²) in [6.07, 6.45) is 6.05. The maximum Gasteiger partial charge on any atom is 0.122 e. The number of hydrogen-bond donors (Lipinski definition) is 0. The van der Waals surface area contributed by atoms with Gasteiger partial charge in [0.25, 0.3) is 0 Å². The van der Waals surface area contributed by atoms with Gasteiger partial charge in [0.15, 0.2) is 0 Å². The number of hydrogen-bond acceptors (Lipinski definition) is 2. The predicted octanol–water partition coefficient (Wildman–Crippen LogP) is 2.37. The van der Waals surface area contributed by atoms with Crippen molar-refractivity contribution < 1.29 is 4.74 Å². The number of fused-ring (bicyclic) bond motifs is 1. The van der Waals surface area contributed by atoms with E-state index < -0.39 is 0 Å². The van der Waals surface area contributed by atoms with Crippen LogP contribution in [0, 0.1) is 6.92 Å². The van der Waals surface area contributed by atoms with Crippen LogP contribution in [0.4, 0.5) is 0 Å². The van der Waals surface area contributed by atoms with Crippen LogP contribution in [0.3, 0.4) is 0 Å². The molecule has 3 heteroatoms. The van der Waals surface area contributed by atoms with Crippen molar-refractivity contribution in [2.45, 2.75) is 26.3 Å². The summed E-state index contributed by atoms with van der Waals surface area (Å²) in [6, 6.07) is 6.51. The molecule has 3 nitrogen and oxygen atoms in total. The third kappa shape index (κ3) is 2.18. The lowest BCUT2D eigenvalue weighted by Crippen LogP contribution is -2.01. The quantitative estimate of drug-likeness (QED) is 0.806. The molecule has 0 fully saturated rings. The van der Waals surface area contributed by atoms with Gasteiger partial charge in [-0.1, -0.05) is 12.1 Å². The number of aryl methyl sites for hydroxylation is 3. The predicted molar refractivity (Wildman–Crippen MR) is 66.3 cm³/mol. The van der Waals surface area contributed by atoms with Crippen LogP contribution in [0.1, 0.15) is 16.7 Å². The highest BCUT2D eigenvalue weighted by molar-refractivity contribution is 5.39. The van der Waals surface area contributed by atoms with E-state index in [1.165, 1.54) is 16.7 Å². The van der Waals surface area contributed by atoms with Crippen molar-refractivity contribution >= 4 is 0 Å². The molecule has 0 atom stereocenters. The zero-order valence-corrected chi connectivity index (χ0v) is 10.0. The van der Waals surface area contributed by atoms with Gasteiger partial charge in [-0.05, 0) is 36.1 Å². The summed E-state index contributed by atoms with van der Waals surface area (Å²) < 4.78 is 7.50. The maximum absolute atomic E-state index is 5.50. The molecule has 0 bridgehead atoms. The van der Waals surface area contributed by atoms with Crippen LogP contribution < -0.4 is 4.74 Å². The second kappa shape index (κ2) is 4.24. The summed E-state index contributed by atoms with van der Waals surface area (Å²) in [5, 5.41) is 4.30. The Labute approximate surface area is 101 Å². The van der Waals surface area contributed by atoms with Gasteiger partial charge < -0.3 is 4.74 Å². The van der Waals surface area contributed by atoms with Crippen molar-refractivity contribution in [1.82, 2.24) is 9.78 Å². The standard InChI is InChI=1S/C14H16N2O/c1-11-9-15-16(10-11)6-4-12-2-3-14-13(8-12)5-7-17-14/h2-3,8-10H,4-7H2,1H3. The topological polar surface area (TPSA) is 27.1 Å². The summed E-state index contributed by atoms with van der Waals surface area (Å²) in [7, 11) is 0. The van der Waals surface area contributed by atoms with Crippen LogP contribution in [-0.2, 0) is 19.4 Å². The molecule has 0 N–H and O–H groups in total. The fourth-order valence-electron chi connectivity index (χ4n) is 2.23. The van der Waals surface area contributed by atoms with E-state index in [2.05, 4.69) is 36.4 Å². The highest BCUT2D eigenvalue weighted by Gasteiger charge is 2.11. The molecule has 0 spiro atoms. The molecule has 0 amide bonds. The van der Waals surface area contributed by atoms with E-state index >= 15 is 0 Å². The van der Waals surface area contributed by atoms with E-state index in [1.54, 1.807) is 0 Å². The minimum absolute atomic E-state index is 0.830. The molecule has 0 radical (unpaired) electrons. The first-order valence-electron chi connectivity index (χ1n) is 6.05. The molecule has 0 saturated heterocycles. The van der Waals surface area contributed by atoms with Crippen molar-refractivity contribution in [1.29, 1.82) is 0 Å². The van der Waals surface area contributed by atoms with Crippen molar-refractivity contribution in [3.05, 3.63) is 47.3 Å². The van der Waals surface area contributed by atoms with Crippen LogP contribution in [0.2, 0.25) is 0 Å². The van der Waals surface area contributed by atoms with Crippen molar-refractivity contribution in [2.75, 3.05) is 6.61 Å². The fourth-order valence-corrected chi connectivity index (χ4v) is 2.23. The van der Waals surface area contributed by atoms with Gasteiger partial charge in [0.1, 0.15) is 5.75 Å². The molecule has 1 aliphatic heterocycles. The Morgan fingerprint density at radius 3 is 3.18 bits per heavy atom. The summed E-state index contributed by atoms with van der Waals surface area (Å²) in [5.74, 6) is 1.06. The Bertz CT molecular complexity index is 531. The molecule has 0 saturated carbocycles. The molecule has 0 aliphatic carbocycles. The molecular weight excluding hydrogens is 212 g/mol. The normalized spacial score (nSPS) is 13.5. The monoisotopic (exact) mass is 228 g/mol. The maximum atomic E-state index is 5.50. The van der Waals surface area contributed by atoms with E-state index in [0.717, 1.165) is 31.7 Å². The highest BCUT2D eigenvalue weighted by Crippen LogP contribution is 2.26. The first kappa shape index (κ1) is 10.4. The lowest BCUT2D eigenvalue weighted by Gasteiger charge is -2.04. The Balaban J connectivity index is 1.69. The molecule has 88 valence electrons. The minimum atomic E-state index is 0.830. The van der Waals surface area contributed by atoms with Gasteiger partial charge in [-0.15, -0.1) is 0 Å². The third-order valence-corrected chi connectivity index (χ3v) is 3.15. The average molecular weight is 228 g/mol. The lowest BCUT2D eigenvalue weighted by molar-refractivity contribution is 0.357. The molecule has 3 rings (SSSR count). The zero-order chi connectivity index (χ0) is 11.7.